The third-order valence-corrected chi connectivity index (χ3v) is 6.17. The second kappa shape index (κ2) is 10.8. The summed E-state index contributed by atoms with van der Waals surface area (Å²) in [6.45, 7) is 7.79. The number of imide groups is 1. The molecule has 0 bridgehead atoms. The number of fused-ring (bicyclic) bond motifs is 1. The number of benzene rings is 1. The van der Waals surface area contributed by atoms with Crippen molar-refractivity contribution >= 4 is 45.8 Å². The Morgan fingerprint density at radius 1 is 1.28 bits per heavy atom. The highest BCUT2D eigenvalue weighted by atomic mass is 32.2. The van der Waals surface area contributed by atoms with Gasteiger partial charge in [0.05, 0.1) is 10.4 Å². The number of nitrogens with one attached hydrogen (secondary N) is 1. The van der Waals surface area contributed by atoms with Crippen molar-refractivity contribution in [1.82, 2.24) is 14.8 Å². The van der Waals surface area contributed by atoms with Gasteiger partial charge in [0.15, 0.2) is 0 Å². The van der Waals surface area contributed by atoms with E-state index < -0.39 is 0 Å². The minimum Gasteiger partial charge on any atom is -0.385 e. The smallest absolute Gasteiger partial charge is 0.293 e. The topological polar surface area (TPSA) is 80.6 Å². The van der Waals surface area contributed by atoms with E-state index in [1.54, 1.807) is 13.2 Å². The van der Waals surface area contributed by atoms with Gasteiger partial charge in [0, 0.05) is 44.0 Å². The summed E-state index contributed by atoms with van der Waals surface area (Å²) in [5.41, 5.74) is 2.94. The Hall–Kier alpha value is -2.58. The van der Waals surface area contributed by atoms with Crippen LogP contribution in [-0.4, -0.2) is 53.3 Å². The number of para-hydroxylation sites is 1. The van der Waals surface area contributed by atoms with Crippen molar-refractivity contribution < 1.29 is 19.1 Å². The maximum absolute atomic E-state index is 12.8. The number of rotatable bonds is 10. The minimum atomic E-state index is -0.253. The average Bonchev–Trinajstić information content (AvgIpc) is 3.23. The molecule has 1 saturated heterocycles. The SMILES string of the molecule is CCc1cccc2c(/C=C3\SC(=O)N(CC(C)C)C3=O)cn(CC(=O)NCCCOC)c12. The van der Waals surface area contributed by atoms with Crippen LogP contribution in [0.1, 0.15) is 38.3 Å². The molecule has 0 radical (unpaired) electrons. The van der Waals surface area contributed by atoms with Gasteiger partial charge in [-0.15, -0.1) is 0 Å². The van der Waals surface area contributed by atoms with Crippen LogP contribution in [0.25, 0.3) is 17.0 Å². The molecule has 3 amide bonds. The number of amides is 3. The van der Waals surface area contributed by atoms with E-state index >= 15 is 0 Å². The Kier molecular flexibility index (Phi) is 8.15. The molecule has 1 fully saturated rings. The number of carbonyl (C=O) groups is 3. The monoisotopic (exact) mass is 457 g/mol. The van der Waals surface area contributed by atoms with E-state index in [0.717, 1.165) is 46.6 Å². The number of aromatic nitrogens is 1. The lowest BCUT2D eigenvalue weighted by molar-refractivity contribution is -0.123. The predicted molar refractivity (Wildman–Crippen MR) is 128 cm³/mol. The molecule has 0 saturated carbocycles. The fourth-order valence-electron chi connectivity index (χ4n) is 3.81. The highest BCUT2D eigenvalue weighted by Crippen LogP contribution is 2.35. The first-order chi connectivity index (χ1) is 15.3. The summed E-state index contributed by atoms with van der Waals surface area (Å²) < 4.78 is 6.96. The summed E-state index contributed by atoms with van der Waals surface area (Å²) in [6.07, 6.45) is 5.25. The van der Waals surface area contributed by atoms with Crippen molar-refractivity contribution in [2.75, 3.05) is 26.8 Å². The van der Waals surface area contributed by atoms with Crippen LogP contribution >= 0.6 is 11.8 Å². The molecule has 1 aromatic carbocycles. The van der Waals surface area contributed by atoms with Crippen LogP contribution in [0.15, 0.2) is 29.3 Å². The summed E-state index contributed by atoms with van der Waals surface area (Å²) >= 11 is 0.974. The van der Waals surface area contributed by atoms with Crippen molar-refractivity contribution in [3.63, 3.8) is 0 Å². The van der Waals surface area contributed by atoms with Gasteiger partial charge in [-0.2, -0.15) is 0 Å². The van der Waals surface area contributed by atoms with Crippen molar-refractivity contribution in [3.8, 4) is 0 Å². The second-order valence-electron chi connectivity index (χ2n) is 8.26. The van der Waals surface area contributed by atoms with E-state index in [0.29, 0.717) is 24.6 Å². The Balaban J connectivity index is 1.92. The second-order valence-corrected chi connectivity index (χ2v) is 9.25. The number of hydrogen-bond donors (Lipinski definition) is 1. The van der Waals surface area contributed by atoms with Crippen LogP contribution in [0.4, 0.5) is 4.79 Å². The lowest BCUT2D eigenvalue weighted by Gasteiger charge is -2.14. The summed E-state index contributed by atoms with van der Waals surface area (Å²) in [5.74, 6) is -0.121. The predicted octanol–water partition coefficient (Wildman–Crippen LogP) is 4.05. The number of hydrogen-bond acceptors (Lipinski definition) is 5. The average molecular weight is 458 g/mol. The molecule has 3 rings (SSSR count). The maximum Gasteiger partial charge on any atom is 0.293 e. The Morgan fingerprint density at radius 2 is 2.06 bits per heavy atom. The lowest BCUT2D eigenvalue weighted by atomic mass is 10.1. The van der Waals surface area contributed by atoms with E-state index in [1.165, 1.54) is 4.90 Å². The highest BCUT2D eigenvalue weighted by molar-refractivity contribution is 8.18. The molecular formula is C24H31N3O4S. The van der Waals surface area contributed by atoms with Crippen molar-refractivity contribution in [2.24, 2.45) is 5.92 Å². The summed E-state index contributed by atoms with van der Waals surface area (Å²) in [7, 11) is 1.64. The quantitative estimate of drug-likeness (QED) is 0.430. The van der Waals surface area contributed by atoms with E-state index in [4.69, 9.17) is 4.74 Å². The number of methoxy groups -OCH3 is 1. The third-order valence-electron chi connectivity index (χ3n) is 5.26. The first-order valence-electron chi connectivity index (χ1n) is 11.0. The summed E-state index contributed by atoms with van der Waals surface area (Å²) in [5, 5.41) is 3.65. The van der Waals surface area contributed by atoms with Gasteiger partial charge in [0.25, 0.3) is 11.1 Å². The fraction of sp³-hybridized carbons (Fsp3) is 0.458. The molecule has 1 aromatic heterocycles. The normalized spacial score (nSPS) is 15.5. The van der Waals surface area contributed by atoms with E-state index in [-0.39, 0.29) is 29.5 Å². The van der Waals surface area contributed by atoms with Gasteiger partial charge in [-0.3, -0.25) is 19.3 Å². The van der Waals surface area contributed by atoms with Crippen molar-refractivity contribution in [1.29, 1.82) is 0 Å². The molecule has 0 atom stereocenters. The van der Waals surface area contributed by atoms with E-state index in [2.05, 4.69) is 18.3 Å². The molecule has 0 unspecified atom stereocenters. The van der Waals surface area contributed by atoms with E-state index in [1.807, 2.05) is 36.7 Å². The molecule has 32 heavy (non-hydrogen) atoms. The molecule has 0 aliphatic carbocycles. The zero-order valence-corrected chi connectivity index (χ0v) is 20.0. The van der Waals surface area contributed by atoms with E-state index in [9.17, 15) is 14.4 Å². The van der Waals surface area contributed by atoms with Gasteiger partial charge in [0.1, 0.15) is 6.54 Å². The van der Waals surface area contributed by atoms with Crippen LogP contribution in [0.2, 0.25) is 0 Å². The standard InChI is InChI=1S/C24H31N3O4S/c1-5-17-8-6-9-19-18(12-20-23(29)27(13-16(2)3)24(30)32-20)14-26(22(17)19)15-21(28)25-10-7-11-31-4/h6,8-9,12,14,16H,5,7,10-11,13,15H2,1-4H3,(H,25,28)/b20-12-. The molecule has 1 aliphatic heterocycles. The Morgan fingerprint density at radius 3 is 2.75 bits per heavy atom. The molecular weight excluding hydrogens is 426 g/mol. The van der Waals surface area contributed by atoms with Gasteiger partial charge in [-0.1, -0.05) is 39.0 Å². The maximum atomic E-state index is 12.8. The molecule has 1 N–H and O–H groups in total. The van der Waals surface area contributed by atoms with Crippen LogP contribution in [-0.2, 0) is 27.3 Å². The molecule has 8 heteroatoms. The minimum absolute atomic E-state index is 0.0762. The summed E-state index contributed by atoms with van der Waals surface area (Å²) in [4.78, 5) is 39.4. The molecule has 2 heterocycles. The van der Waals surface area contributed by atoms with Gasteiger partial charge < -0.3 is 14.6 Å². The highest BCUT2D eigenvalue weighted by Gasteiger charge is 2.35. The van der Waals surface area contributed by atoms with Crippen LogP contribution in [0, 0.1) is 5.92 Å². The van der Waals surface area contributed by atoms with Crippen LogP contribution in [0.5, 0.6) is 0 Å². The summed E-state index contributed by atoms with van der Waals surface area (Å²) in [6, 6.07) is 6.03. The van der Waals surface area contributed by atoms with Crippen molar-refractivity contribution in [2.45, 2.75) is 40.2 Å². The third kappa shape index (κ3) is 5.42. The largest absolute Gasteiger partial charge is 0.385 e. The zero-order chi connectivity index (χ0) is 23.3. The number of ether oxygens (including phenoxy) is 1. The lowest BCUT2D eigenvalue weighted by Crippen LogP contribution is -2.31. The number of aryl methyl sites for hydroxylation is 1. The Bertz CT molecular complexity index is 1040. The molecule has 172 valence electrons. The molecule has 0 spiro atoms. The molecule has 1 aliphatic rings. The molecule has 2 aromatic rings. The first-order valence-corrected chi connectivity index (χ1v) is 11.8. The fourth-order valence-corrected chi connectivity index (χ4v) is 4.65. The van der Waals surface area contributed by atoms with Gasteiger partial charge in [-0.25, -0.2) is 0 Å². The van der Waals surface area contributed by atoms with Crippen LogP contribution < -0.4 is 5.32 Å². The number of nitrogens with zero attached hydrogens (tertiary/aromatic N) is 2. The van der Waals surface area contributed by atoms with Gasteiger partial charge in [0.2, 0.25) is 5.91 Å². The number of carbonyl (C=O) groups excluding carboxylic acids is 3. The zero-order valence-electron chi connectivity index (χ0n) is 19.1. The van der Waals surface area contributed by atoms with Crippen molar-refractivity contribution in [3.05, 3.63) is 40.4 Å². The molecule has 7 nitrogen and oxygen atoms in total. The number of thioether (sulfide) groups is 1. The van der Waals surface area contributed by atoms with Crippen LogP contribution in [0.3, 0.4) is 0 Å². The Labute approximate surface area is 193 Å². The van der Waals surface area contributed by atoms with Gasteiger partial charge >= 0.3 is 0 Å². The van der Waals surface area contributed by atoms with Gasteiger partial charge in [-0.05, 0) is 42.2 Å². The first kappa shape index (κ1) is 24.1.